The minimum absolute atomic E-state index is 0.211. The molecule has 1 aromatic rings. The van der Waals surface area contributed by atoms with Gasteiger partial charge in [-0.05, 0) is 18.2 Å². The number of rotatable bonds is 1. The van der Waals surface area contributed by atoms with E-state index in [1.54, 1.807) is 4.90 Å². The molecule has 0 aliphatic carbocycles. The van der Waals surface area contributed by atoms with Crippen LogP contribution >= 0.6 is 0 Å². The summed E-state index contributed by atoms with van der Waals surface area (Å²) in [6.45, 7) is 0.931. The fourth-order valence-electron chi connectivity index (χ4n) is 1.68. The number of benzene rings is 1. The molecule has 17 heavy (non-hydrogen) atoms. The summed E-state index contributed by atoms with van der Waals surface area (Å²) >= 11 is 0. The Morgan fingerprint density at radius 1 is 1.18 bits per heavy atom. The number of carbonyl (C=O) groups excluding carboxylic acids is 1. The molecule has 0 bridgehead atoms. The number of nitrogens with zero attached hydrogens (tertiary/aromatic N) is 1. The lowest BCUT2D eigenvalue weighted by atomic mass is 10.1. The zero-order valence-electron chi connectivity index (χ0n) is 9.13. The maximum atomic E-state index is 12.0. The Bertz CT molecular complexity index is 465. The summed E-state index contributed by atoms with van der Waals surface area (Å²) < 4.78 is 11.2. The number of phenolic OH excluding ortho intramolecular Hbond substituents is 2. The SMILES string of the molecule is O=C(c1ccc(O)c(O)c1)N1CCS(=O)CC1. The van der Waals surface area contributed by atoms with Crippen molar-refractivity contribution in [3.8, 4) is 11.5 Å². The van der Waals surface area contributed by atoms with Crippen molar-refractivity contribution in [1.29, 1.82) is 0 Å². The summed E-state index contributed by atoms with van der Waals surface area (Å²) in [6, 6.07) is 3.98. The number of amides is 1. The smallest absolute Gasteiger partial charge is 0.254 e. The van der Waals surface area contributed by atoms with Gasteiger partial charge in [0.1, 0.15) is 0 Å². The summed E-state index contributed by atoms with van der Waals surface area (Å²) in [4.78, 5) is 13.6. The molecule has 1 saturated heterocycles. The van der Waals surface area contributed by atoms with Crippen molar-refractivity contribution in [3.63, 3.8) is 0 Å². The molecule has 0 atom stereocenters. The van der Waals surface area contributed by atoms with Gasteiger partial charge in [-0.3, -0.25) is 9.00 Å². The van der Waals surface area contributed by atoms with E-state index in [1.165, 1.54) is 18.2 Å². The quantitative estimate of drug-likeness (QED) is 0.708. The third-order valence-electron chi connectivity index (χ3n) is 2.69. The van der Waals surface area contributed by atoms with E-state index in [0.717, 1.165) is 0 Å². The summed E-state index contributed by atoms with van der Waals surface area (Å²) in [7, 11) is -0.825. The molecule has 2 rings (SSSR count). The predicted molar refractivity (Wildman–Crippen MR) is 63.6 cm³/mol. The minimum Gasteiger partial charge on any atom is -0.504 e. The molecule has 0 aromatic heterocycles. The number of hydrogen-bond donors (Lipinski definition) is 2. The maximum Gasteiger partial charge on any atom is 0.254 e. The lowest BCUT2D eigenvalue weighted by molar-refractivity contribution is 0.0771. The van der Waals surface area contributed by atoms with Crippen LogP contribution in [0.1, 0.15) is 10.4 Å². The first-order chi connectivity index (χ1) is 8.08. The highest BCUT2D eigenvalue weighted by Crippen LogP contribution is 2.25. The van der Waals surface area contributed by atoms with Gasteiger partial charge in [-0.1, -0.05) is 0 Å². The van der Waals surface area contributed by atoms with E-state index in [1.807, 2.05) is 0 Å². The molecular formula is C11H13NO4S. The van der Waals surface area contributed by atoms with Gasteiger partial charge in [-0.25, -0.2) is 0 Å². The van der Waals surface area contributed by atoms with Crippen molar-refractivity contribution >= 4 is 16.7 Å². The Morgan fingerprint density at radius 2 is 1.82 bits per heavy atom. The molecule has 0 unspecified atom stereocenters. The van der Waals surface area contributed by atoms with Crippen LogP contribution in [0, 0.1) is 0 Å². The third kappa shape index (κ3) is 2.58. The predicted octanol–water partition coefficient (Wildman–Crippen LogP) is 0.302. The van der Waals surface area contributed by atoms with Crippen molar-refractivity contribution in [3.05, 3.63) is 23.8 Å². The standard InChI is InChI=1S/C11H13NO4S/c13-9-2-1-8(7-10(9)14)11(15)12-3-5-17(16)6-4-12/h1-2,7,13-14H,3-6H2. The van der Waals surface area contributed by atoms with E-state index in [2.05, 4.69) is 0 Å². The van der Waals surface area contributed by atoms with Crippen molar-refractivity contribution < 1.29 is 19.2 Å². The van der Waals surface area contributed by atoms with Crippen molar-refractivity contribution in [2.75, 3.05) is 24.6 Å². The number of carbonyl (C=O) groups is 1. The molecule has 0 saturated carbocycles. The largest absolute Gasteiger partial charge is 0.504 e. The van der Waals surface area contributed by atoms with E-state index in [-0.39, 0.29) is 17.4 Å². The monoisotopic (exact) mass is 255 g/mol. The molecule has 2 N–H and O–H groups in total. The van der Waals surface area contributed by atoms with Crippen molar-refractivity contribution in [2.45, 2.75) is 0 Å². The van der Waals surface area contributed by atoms with E-state index >= 15 is 0 Å². The lowest BCUT2D eigenvalue weighted by Gasteiger charge is -2.26. The Hall–Kier alpha value is -1.56. The van der Waals surface area contributed by atoms with E-state index in [9.17, 15) is 14.1 Å². The summed E-state index contributed by atoms with van der Waals surface area (Å²) in [5.74, 6) is 0.223. The van der Waals surface area contributed by atoms with Gasteiger partial charge in [0.15, 0.2) is 11.5 Å². The second kappa shape index (κ2) is 4.75. The molecule has 1 amide bonds. The minimum atomic E-state index is -0.825. The van der Waals surface area contributed by atoms with Crippen LogP contribution in [0.5, 0.6) is 11.5 Å². The number of aromatic hydroxyl groups is 2. The van der Waals surface area contributed by atoms with Crippen LogP contribution < -0.4 is 0 Å². The van der Waals surface area contributed by atoms with Gasteiger partial charge in [0, 0.05) is 41.0 Å². The van der Waals surface area contributed by atoms with Crippen LogP contribution in [0.4, 0.5) is 0 Å². The Balaban J connectivity index is 2.14. The van der Waals surface area contributed by atoms with E-state index in [0.29, 0.717) is 30.2 Å². The van der Waals surface area contributed by atoms with Crippen LogP contribution in [-0.2, 0) is 10.8 Å². The summed E-state index contributed by atoms with van der Waals surface area (Å²) in [5, 5.41) is 18.5. The van der Waals surface area contributed by atoms with Gasteiger partial charge in [-0.15, -0.1) is 0 Å². The van der Waals surface area contributed by atoms with Crippen LogP contribution in [-0.4, -0.2) is 49.8 Å². The number of phenols is 2. The maximum absolute atomic E-state index is 12.0. The van der Waals surface area contributed by atoms with E-state index in [4.69, 9.17) is 5.11 Å². The van der Waals surface area contributed by atoms with Crippen LogP contribution in [0.15, 0.2) is 18.2 Å². The summed E-state index contributed by atoms with van der Waals surface area (Å²) in [6.07, 6.45) is 0. The molecule has 1 aliphatic heterocycles. The van der Waals surface area contributed by atoms with Gasteiger partial charge in [-0.2, -0.15) is 0 Å². The van der Waals surface area contributed by atoms with Crippen molar-refractivity contribution in [1.82, 2.24) is 4.90 Å². The van der Waals surface area contributed by atoms with E-state index < -0.39 is 10.8 Å². The highest BCUT2D eigenvalue weighted by molar-refractivity contribution is 7.85. The second-order valence-corrected chi connectivity index (χ2v) is 5.54. The molecule has 0 radical (unpaired) electrons. The molecule has 92 valence electrons. The Kier molecular flexibility index (Phi) is 3.33. The zero-order chi connectivity index (χ0) is 12.4. The zero-order valence-corrected chi connectivity index (χ0v) is 9.94. The van der Waals surface area contributed by atoms with Crippen LogP contribution in [0.25, 0.3) is 0 Å². The normalized spacial score (nSPS) is 17.1. The average Bonchev–Trinajstić information content (AvgIpc) is 2.33. The second-order valence-electron chi connectivity index (χ2n) is 3.84. The first-order valence-electron chi connectivity index (χ1n) is 5.24. The lowest BCUT2D eigenvalue weighted by Crippen LogP contribution is -2.41. The molecule has 1 fully saturated rings. The van der Waals surface area contributed by atoms with Gasteiger partial charge < -0.3 is 15.1 Å². The number of hydrogen-bond acceptors (Lipinski definition) is 4. The topological polar surface area (TPSA) is 77.8 Å². The summed E-state index contributed by atoms with van der Waals surface area (Å²) in [5.41, 5.74) is 0.327. The Labute approximate surface area is 101 Å². The highest BCUT2D eigenvalue weighted by atomic mass is 32.2. The van der Waals surface area contributed by atoms with Crippen LogP contribution in [0.2, 0.25) is 0 Å². The molecule has 0 spiro atoms. The highest BCUT2D eigenvalue weighted by Gasteiger charge is 2.21. The average molecular weight is 255 g/mol. The fraction of sp³-hybridized carbons (Fsp3) is 0.364. The molecule has 1 heterocycles. The molecule has 1 aliphatic rings. The Morgan fingerprint density at radius 3 is 2.41 bits per heavy atom. The molecule has 5 nitrogen and oxygen atoms in total. The van der Waals surface area contributed by atoms with Crippen LogP contribution in [0.3, 0.4) is 0 Å². The first kappa shape index (κ1) is 11.9. The molecule has 1 aromatic carbocycles. The van der Waals surface area contributed by atoms with Gasteiger partial charge in [0.2, 0.25) is 0 Å². The van der Waals surface area contributed by atoms with Crippen molar-refractivity contribution in [2.24, 2.45) is 0 Å². The van der Waals surface area contributed by atoms with Gasteiger partial charge >= 0.3 is 0 Å². The molecule has 6 heteroatoms. The van der Waals surface area contributed by atoms with Gasteiger partial charge in [0.05, 0.1) is 0 Å². The molecular weight excluding hydrogens is 242 g/mol. The van der Waals surface area contributed by atoms with Gasteiger partial charge in [0.25, 0.3) is 5.91 Å². The fourth-order valence-corrected chi connectivity index (χ4v) is 2.73. The third-order valence-corrected chi connectivity index (χ3v) is 3.96. The first-order valence-corrected chi connectivity index (χ1v) is 6.73.